The van der Waals surface area contributed by atoms with E-state index in [9.17, 15) is 14.7 Å². The lowest BCUT2D eigenvalue weighted by atomic mass is 9.91. The highest BCUT2D eigenvalue weighted by atomic mass is 35.5. The molecule has 1 aromatic carbocycles. The van der Waals surface area contributed by atoms with Gasteiger partial charge < -0.3 is 15.3 Å². The number of benzene rings is 1. The zero-order valence-corrected chi connectivity index (χ0v) is 16.1. The minimum atomic E-state index is -0.863. The summed E-state index contributed by atoms with van der Waals surface area (Å²) in [6.45, 7) is 2.71. The molecule has 1 aromatic heterocycles. The van der Waals surface area contributed by atoms with E-state index in [0.717, 1.165) is 5.56 Å². The molecule has 27 heavy (non-hydrogen) atoms. The summed E-state index contributed by atoms with van der Waals surface area (Å²) < 4.78 is 1.67. The summed E-state index contributed by atoms with van der Waals surface area (Å²) in [5.41, 5.74) is 1.55. The predicted molar refractivity (Wildman–Crippen MR) is 102 cm³/mol. The second-order valence-electron chi connectivity index (χ2n) is 7.13. The third-order valence-corrected chi connectivity index (χ3v) is 5.05. The fourth-order valence-corrected chi connectivity index (χ4v) is 3.61. The van der Waals surface area contributed by atoms with Crippen LogP contribution in [-0.2, 0) is 11.8 Å². The van der Waals surface area contributed by atoms with Crippen LogP contribution < -0.4 is 5.32 Å². The lowest BCUT2D eigenvalue weighted by Crippen LogP contribution is -2.50. The second kappa shape index (κ2) is 8.00. The predicted octanol–water partition coefficient (Wildman–Crippen LogP) is 2.92. The molecule has 1 saturated heterocycles. The number of carboxylic acid groups (broad SMARTS) is 1. The minimum absolute atomic E-state index is 0.134. The van der Waals surface area contributed by atoms with E-state index in [1.807, 2.05) is 38.4 Å². The molecule has 3 atom stereocenters. The van der Waals surface area contributed by atoms with Gasteiger partial charge in [-0.05, 0) is 36.1 Å². The molecule has 3 rings (SSSR count). The molecule has 1 aliphatic rings. The lowest BCUT2D eigenvalue weighted by molar-refractivity contribution is -0.143. The Bertz CT molecular complexity index is 821. The number of hydrogen-bond donors (Lipinski definition) is 2. The van der Waals surface area contributed by atoms with E-state index in [1.54, 1.807) is 21.7 Å². The Morgan fingerprint density at radius 2 is 1.96 bits per heavy atom. The molecule has 2 heterocycles. The van der Waals surface area contributed by atoms with Crippen molar-refractivity contribution in [2.45, 2.75) is 19.4 Å². The van der Waals surface area contributed by atoms with Crippen LogP contribution in [0, 0.1) is 11.8 Å². The van der Waals surface area contributed by atoms with Gasteiger partial charge in [0.2, 0.25) is 0 Å². The van der Waals surface area contributed by atoms with Gasteiger partial charge >= 0.3 is 12.0 Å². The van der Waals surface area contributed by atoms with Crippen LogP contribution in [0.4, 0.5) is 4.79 Å². The second-order valence-corrected chi connectivity index (χ2v) is 7.57. The number of carboxylic acids is 1. The van der Waals surface area contributed by atoms with Crippen molar-refractivity contribution in [2.24, 2.45) is 18.9 Å². The number of carbonyl (C=O) groups is 2. The normalized spacial score (nSPS) is 20.9. The molecule has 0 radical (unpaired) electrons. The van der Waals surface area contributed by atoms with Gasteiger partial charge in [-0.2, -0.15) is 5.10 Å². The highest BCUT2D eigenvalue weighted by Gasteiger charge is 2.33. The lowest BCUT2D eigenvalue weighted by Gasteiger charge is -2.35. The Kier molecular flexibility index (Phi) is 5.70. The number of aryl methyl sites for hydroxylation is 1. The molecule has 2 amide bonds. The van der Waals surface area contributed by atoms with Gasteiger partial charge in [0.25, 0.3) is 0 Å². The van der Waals surface area contributed by atoms with Crippen molar-refractivity contribution >= 4 is 23.6 Å². The molecule has 0 spiro atoms. The van der Waals surface area contributed by atoms with Crippen molar-refractivity contribution in [1.82, 2.24) is 20.0 Å². The van der Waals surface area contributed by atoms with Crippen LogP contribution in [0.15, 0.2) is 36.5 Å². The van der Waals surface area contributed by atoms with Gasteiger partial charge in [-0.1, -0.05) is 30.7 Å². The number of urea groups is 1. The number of halogens is 1. The van der Waals surface area contributed by atoms with Gasteiger partial charge in [0, 0.05) is 31.4 Å². The van der Waals surface area contributed by atoms with E-state index >= 15 is 0 Å². The van der Waals surface area contributed by atoms with Gasteiger partial charge in [0.05, 0.1) is 11.6 Å². The SMILES string of the molecule is CC1CC(C(=O)O)CN(C(=O)NC(c2ccc(Cl)cc2)c2ccn(C)n2)C1. The summed E-state index contributed by atoms with van der Waals surface area (Å²) in [5.74, 6) is -1.27. The van der Waals surface area contributed by atoms with Crippen molar-refractivity contribution in [3.63, 3.8) is 0 Å². The number of aromatic nitrogens is 2. The largest absolute Gasteiger partial charge is 0.481 e. The van der Waals surface area contributed by atoms with E-state index in [1.165, 1.54) is 0 Å². The van der Waals surface area contributed by atoms with Gasteiger partial charge in [0.15, 0.2) is 0 Å². The molecule has 1 fully saturated rings. The third kappa shape index (κ3) is 4.60. The molecule has 0 aliphatic carbocycles. The third-order valence-electron chi connectivity index (χ3n) is 4.80. The van der Waals surface area contributed by atoms with Crippen LogP contribution in [0.2, 0.25) is 5.02 Å². The van der Waals surface area contributed by atoms with E-state index in [0.29, 0.717) is 23.7 Å². The maximum atomic E-state index is 12.9. The monoisotopic (exact) mass is 390 g/mol. The first-order chi connectivity index (χ1) is 12.8. The van der Waals surface area contributed by atoms with Gasteiger partial charge in [-0.25, -0.2) is 4.79 Å². The van der Waals surface area contributed by atoms with Crippen LogP contribution in [-0.4, -0.2) is 44.9 Å². The van der Waals surface area contributed by atoms with Crippen molar-refractivity contribution in [1.29, 1.82) is 0 Å². The standard InChI is InChI=1S/C19H23ClN4O3/c1-12-9-14(18(25)26)11-24(10-12)19(27)21-17(16-7-8-23(2)22-16)13-3-5-15(20)6-4-13/h3-8,12,14,17H,9-11H2,1-2H3,(H,21,27)(H,25,26). The number of nitrogens with one attached hydrogen (secondary N) is 1. The molecule has 0 bridgehead atoms. The maximum Gasteiger partial charge on any atom is 0.318 e. The first-order valence-electron chi connectivity index (χ1n) is 8.86. The topological polar surface area (TPSA) is 87.5 Å². The molecular weight excluding hydrogens is 368 g/mol. The average molecular weight is 391 g/mol. The highest BCUT2D eigenvalue weighted by Crippen LogP contribution is 2.25. The fourth-order valence-electron chi connectivity index (χ4n) is 3.48. The number of aliphatic carboxylic acids is 1. The summed E-state index contributed by atoms with van der Waals surface area (Å²) in [6, 6.07) is 8.33. The summed E-state index contributed by atoms with van der Waals surface area (Å²) in [7, 11) is 1.81. The molecule has 2 N–H and O–H groups in total. The van der Waals surface area contributed by atoms with Crippen LogP contribution in [0.5, 0.6) is 0 Å². The van der Waals surface area contributed by atoms with Crippen molar-refractivity contribution in [3.8, 4) is 0 Å². The number of likely N-dealkylation sites (tertiary alicyclic amines) is 1. The van der Waals surface area contributed by atoms with Crippen molar-refractivity contribution in [3.05, 3.63) is 52.8 Å². The Hall–Kier alpha value is -2.54. The average Bonchev–Trinajstić information content (AvgIpc) is 3.06. The van der Waals surface area contributed by atoms with Crippen LogP contribution in [0.1, 0.15) is 30.6 Å². The van der Waals surface area contributed by atoms with Crippen LogP contribution in [0.3, 0.4) is 0 Å². The minimum Gasteiger partial charge on any atom is -0.481 e. The van der Waals surface area contributed by atoms with Crippen LogP contribution in [0.25, 0.3) is 0 Å². The number of amides is 2. The Morgan fingerprint density at radius 3 is 2.56 bits per heavy atom. The van der Waals surface area contributed by atoms with Crippen molar-refractivity contribution < 1.29 is 14.7 Å². The Labute approximate surface area is 162 Å². The molecule has 3 unspecified atom stereocenters. The summed E-state index contributed by atoms with van der Waals surface area (Å²) in [4.78, 5) is 25.9. The van der Waals surface area contributed by atoms with Gasteiger partial charge in [0.1, 0.15) is 6.04 Å². The van der Waals surface area contributed by atoms with Gasteiger partial charge in [-0.3, -0.25) is 9.48 Å². The Balaban J connectivity index is 1.82. The molecular formula is C19H23ClN4O3. The molecule has 7 nitrogen and oxygen atoms in total. The zero-order chi connectivity index (χ0) is 19.6. The first kappa shape index (κ1) is 19.2. The molecule has 1 aliphatic heterocycles. The van der Waals surface area contributed by atoms with E-state index in [2.05, 4.69) is 10.4 Å². The number of nitrogens with zero attached hydrogens (tertiary/aromatic N) is 3. The summed E-state index contributed by atoms with van der Waals surface area (Å²) >= 11 is 5.98. The smallest absolute Gasteiger partial charge is 0.318 e. The van der Waals surface area contributed by atoms with Crippen LogP contribution >= 0.6 is 11.6 Å². The van der Waals surface area contributed by atoms with E-state index < -0.39 is 17.9 Å². The number of piperidine rings is 1. The zero-order valence-electron chi connectivity index (χ0n) is 15.3. The quantitative estimate of drug-likeness (QED) is 0.840. The number of carbonyl (C=O) groups excluding carboxylic acids is 1. The number of hydrogen-bond acceptors (Lipinski definition) is 3. The highest BCUT2D eigenvalue weighted by molar-refractivity contribution is 6.30. The summed E-state index contributed by atoms with van der Waals surface area (Å²) in [6.07, 6.45) is 2.40. The van der Waals surface area contributed by atoms with Gasteiger partial charge in [-0.15, -0.1) is 0 Å². The van der Waals surface area contributed by atoms with E-state index in [-0.39, 0.29) is 18.5 Å². The fraction of sp³-hybridized carbons (Fsp3) is 0.421. The molecule has 2 aromatic rings. The Morgan fingerprint density at radius 1 is 1.26 bits per heavy atom. The molecule has 8 heteroatoms. The maximum absolute atomic E-state index is 12.9. The van der Waals surface area contributed by atoms with Crippen molar-refractivity contribution in [2.75, 3.05) is 13.1 Å². The van der Waals surface area contributed by atoms with E-state index in [4.69, 9.17) is 11.6 Å². The number of rotatable bonds is 4. The molecule has 144 valence electrons. The first-order valence-corrected chi connectivity index (χ1v) is 9.24. The molecule has 0 saturated carbocycles. The summed E-state index contributed by atoms with van der Waals surface area (Å²) in [5, 5.41) is 17.4.